The molecule has 0 bridgehead atoms. The van der Waals surface area contributed by atoms with Crippen molar-refractivity contribution in [3.05, 3.63) is 94.4 Å². The number of nitrogens with zero attached hydrogens (tertiary/aromatic N) is 3. The molecular weight excluding hydrogens is 453 g/mol. The number of halogens is 2. The van der Waals surface area contributed by atoms with Gasteiger partial charge in [0.05, 0.1) is 10.5 Å². The maximum absolute atomic E-state index is 12.3. The predicted octanol–water partition coefficient (Wildman–Crippen LogP) is 6.18. The normalized spacial score (nSPS) is 17.2. The SMILES string of the molecule is CN1CCC(C(O)(c2cccnc2)c2ccc3nc(Cl)c(-c4ccccc4)c(Cl)c3c2)CC1. The van der Waals surface area contributed by atoms with Gasteiger partial charge < -0.3 is 10.0 Å². The molecule has 4 aromatic rings. The van der Waals surface area contributed by atoms with Crippen LogP contribution < -0.4 is 0 Å². The molecule has 0 saturated carbocycles. The van der Waals surface area contributed by atoms with Gasteiger partial charge in [0.1, 0.15) is 10.8 Å². The summed E-state index contributed by atoms with van der Waals surface area (Å²) in [5.41, 5.74) is 2.71. The van der Waals surface area contributed by atoms with E-state index in [1.54, 1.807) is 12.4 Å². The highest BCUT2D eigenvalue weighted by molar-refractivity contribution is 6.42. The molecule has 0 radical (unpaired) electrons. The second-order valence-corrected chi connectivity index (χ2v) is 9.51. The fraction of sp³-hybridized carbons (Fsp3) is 0.259. The van der Waals surface area contributed by atoms with Crippen LogP contribution in [0.15, 0.2) is 73.1 Å². The van der Waals surface area contributed by atoms with Crippen molar-refractivity contribution < 1.29 is 5.11 Å². The lowest BCUT2D eigenvalue weighted by atomic mass is 9.72. The lowest BCUT2D eigenvalue weighted by molar-refractivity contribution is -0.0110. The third kappa shape index (κ3) is 4.02. The molecule has 0 aliphatic carbocycles. The van der Waals surface area contributed by atoms with E-state index < -0.39 is 5.60 Å². The highest BCUT2D eigenvalue weighted by Gasteiger charge is 2.41. The fourth-order valence-electron chi connectivity index (χ4n) is 4.94. The Morgan fingerprint density at radius 1 is 0.970 bits per heavy atom. The van der Waals surface area contributed by atoms with Crippen LogP contribution in [-0.4, -0.2) is 40.1 Å². The van der Waals surface area contributed by atoms with Gasteiger partial charge in [-0.1, -0.05) is 65.7 Å². The third-order valence-electron chi connectivity index (χ3n) is 6.79. The van der Waals surface area contributed by atoms with Gasteiger partial charge in [-0.15, -0.1) is 0 Å². The van der Waals surface area contributed by atoms with Gasteiger partial charge in [0.2, 0.25) is 0 Å². The number of pyridine rings is 2. The van der Waals surface area contributed by atoms with E-state index in [9.17, 15) is 5.11 Å². The molecule has 1 unspecified atom stereocenters. The molecule has 3 heterocycles. The molecular formula is C27H25Cl2N3O. The van der Waals surface area contributed by atoms with Crippen molar-refractivity contribution in [3.63, 3.8) is 0 Å². The van der Waals surface area contributed by atoms with E-state index >= 15 is 0 Å². The lowest BCUT2D eigenvalue weighted by Gasteiger charge is -2.41. The predicted molar refractivity (Wildman–Crippen MR) is 135 cm³/mol. The molecule has 1 fully saturated rings. The van der Waals surface area contributed by atoms with Crippen LogP contribution in [0.25, 0.3) is 22.0 Å². The van der Waals surface area contributed by atoms with E-state index in [1.165, 1.54) is 0 Å². The first-order valence-corrected chi connectivity index (χ1v) is 11.9. The number of rotatable bonds is 4. The van der Waals surface area contributed by atoms with Crippen LogP contribution in [0.1, 0.15) is 24.0 Å². The molecule has 4 nitrogen and oxygen atoms in total. The molecule has 33 heavy (non-hydrogen) atoms. The summed E-state index contributed by atoms with van der Waals surface area (Å²) in [4.78, 5) is 11.2. The van der Waals surface area contributed by atoms with Gasteiger partial charge in [-0.3, -0.25) is 4.98 Å². The molecule has 0 amide bonds. The first kappa shape index (κ1) is 22.3. The van der Waals surface area contributed by atoms with Gasteiger partial charge in [0.25, 0.3) is 0 Å². The maximum Gasteiger partial charge on any atom is 0.139 e. The molecule has 168 valence electrons. The zero-order chi connectivity index (χ0) is 23.0. The summed E-state index contributed by atoms with van der Waals surface area (Å²) < 4.78 is 0. The summed E-state index contributed by atoms with van der Waals surface area (Å²) in [6, 6.07) is 19.4. The molecule has 6 heteroatoms. The number of fused-ring (bicyclic) bond motifs is 1. The summed E-state index contributed by atoms with van der Waals surface area (Å²) in [5, 5.41) is 14.0. The van der Waals surface area contributed by atoms with Crippen LogP contribution in [0.3, 0.4) is 0 Å². The summed E-state index contributed by atoms with van der Waals surface area (Å²) in [7, 11) is 2.12. The molecule has 1 aliphatic rings. The van der Waals surface area contributed by atoms with Gasteiger partial charge in [-0.05, 0) is 68.2 Å². The maximum atomic E-state index is 12.3. The van der Waals surface area contributed by atoms with Crippen molar-refractivity contribution in [2.24, 2.45) is 5.92 Å². The second kappa shape index (κ2) is 9.03. The van der Waals surface area contributed by atoms with Crippen LogP contribution >= 0.6 is 23.2 Å². The Bertz CT molecular complexity index is 1280. The zero-order valence-corrected chi connectivity index (χ0v) is 19.9. The largest absolute Gasteiger partial charge is 0.380 e. The highest BCUT2D eigenvalue weighted by atomic mass is 35.5. The third-order valence-corrected chi connectivity index (χ3v) is 7.46. The molecule has 1 aliphatic heterocycles. The van der Waals surface area contributed by atoms with Crippen LogP contribution in [-0.2, 0) is 5.60 Å². The lowest BCUT2D eigenvalue weighted by Crippen LogP contribution is -2.43. The quantitative estimate of drug-likeness (QED) is 0.356. The Hall–Kier alpha value is -2.50. The van der Waals surface area contributed by atoms with E-state index in [0.717, 1.165) is 48.0 Å². The van der Waals surface area contributed by atoms with Gasteiger partial charge in [-0.2, -0.15) is 0 Å². The van der Waals surface area contributed by atoms with Crippen molar-refractivity contribution in [1.82, 2.24) is 14.9 Å². The minimum atomic E-state index is -1.18. The molecule has 2 aromatic heterocycles. The first-order chi connectivity index (χ1) is 16.0. The monoisotopic (exact) mass is 477 g/mol. The Labute approximate surface area is 203 Å². The van der Waals surface area contributed by atoms with E-state index in [2.05, 4.69) is 21.9 Å². The van der Waals surface area contributed by atoms with E-state index in [0.29, 0.717) is 21.3 Å². The Kier molecular flexibility index (Phi) is 6.11. The summed E-state index contributed by atoms with van der Waals surface area (Å²) in [5.74, 6) is 0.0583. The minimum absolute atomic E-state index is 0.0583. The summed E-state index contributed by atoms with van der Waals surface area (Å²) >= 11 is 13.5. The van der Waals surface area contributed by atoms with Crippen LogP contribution in [0, 0.1) is 5.92 Å². The molecule has 0 spiro atoms. The Balaban J connectivity index is 1.69. The number of piperidine rings is 1. The number of aromatic nitrogens is 2. The topological polar surface area (TPSA) is 49.2 Å². The fourth-order valence-corrected chi connectivity index (χ4v) is 5.63. The molecule has 2 aromatic carbocycles. The second-order valence-electron chi connectivity index (χ2n) is 8.78. The van der Waals surface area contributed by atoms with Crippen LogP contribution in [0.2, 0.25) is 10.2 Å². The smallest absolute Gasteiger partial charge is 0.139 e. The number of likely N-dealkylation sites (tertiary alicyclic amines) is 1. The average Bonchev–Trinajstić information content (AvgIpc) is 2.85. The van der Waals surface area contributed by atoms with E-state index in [1.807, 2.05) is 60.7 Å². The van der Waals surface area contributed by atoms with Crippen LogP contribution in [0.5, 0.6) is 0 Å². The molecule has 1 atom stereocenters. The number of hydrogen-bond acceptors (Lipinski definition) is 4. The van der Waals surface area contributed by atoms with Gasteiger partial charge >= 0.3 is 0 Å². The molecule has 1 saturated heterocycles. The van der Waals surface area contributed by atoms with Crippen molar-refractivity contribution in [1.29, 1.82) is 0 Å². The minimum Gasteiger partial charge on any atom is -0.380 e. The van der Waals surface area contributed by atoms with Crippen molar-refractivity contribution in [2.45, 2.75) is 18.4 Å². The van der Waals surface area contributed by atoms with Crippen molar-refractivity contribution in [3.8, 4) is 11.1 Å². The molecule has 5 rings (SSSR count). The standard InChI is InChI=1S/C27H25Cl2N3O/c1-32-14-11-19(12-15-32)27(33,21-8-5-13-30-17-21)20-9-10-23-22(16-20)25(28)24(26(29)31-23)18-6-3-2-4-7-18/h2-10,13,16-17,19,33H,11-12,14-15H2,1H3. The van der Waals surface area contributed by atoms with Crippen LogP contribution in [0.4, 0.5) is 0 Å². The van der Waals surface area contributed by atoms with E-state index in [-0.39, 0.29) is 5.92 Å². The zero-order valence-electron chi connectivity index (χ0n) is 18.4. The van der Waals surface area contributed by atoms with Gasteiger partial charge in [-0.25, -0.2) is 4.98 Å². The number of hydrogen-bond donors (Lipinski definition) is 1. The summed E-state index contributed by atoms with van der Waals surface area (Å²) in [6.07, 6.45) is 5.27. The number of aliphatic hydroxyl groups is 1. The van der Waals surface area contributed by atoms with Crippen molar-refractivity contribution in [2.75, 3.05) is 20.1 Å². The van der Waals surface area contributed by atoms with E-state index in [4.69, 9.17) is 23.2 Å². The van der Waals surface area contributed by atoms with Crippen molar-refractivity contribution >= 4 is 34.1 Å². The highest BCUT2D eigenvalue weighted by Crippen LogP contribution is 2.44. The summed E-state index contributed by atoms with van der Waals surface area (Å²) in [6.45, 7) is 1.88. The number of benzene rings is 2. The average molecular weight is 478 g/mol. The Morgan fingerprint density at radius 3 is 2.42 bits per heavy atom. The van der Waals surface area contributed by atoms with Gasteiger partial charge in [0.15, 0.2) is 0 Å². The first-order valence-electron chi connectivity index (χ1n) is 11.1. The van der Waals surface area contributed by atoms with Gasteiger partial charge in [0, 0.05) is 28.9 Å². The molecule has 1 N–H and O–H groups in total. The Morgan fingerprint density at radius 2 is 1.73 bits per heavy atom.